The summed E-state index contributed by atoms with van der Waals surface area (Å²) >= 11 is 8.35. The molecule has 0 aliphatic rings. The van der Waals surface area contributed by atoms with Gasteiger partial charge < -0.3 is 9.30 Å². The minimum atomic E-state index is -2.44. The Morgan fingerprint density at radius 1 is 1.45 bits per heavy atom. The Morgan fingerprint density at radius 2 is 2.20 bits per heavy atom. The molecule has 1 unspecified atom stereocenters. The average Bonchev–Trinajstić information content (AvgIpc) is 2.72. The van der Waals surface area contributed by atoms with Gasteiger partial charge in [-0.3, -0.25) is 0 Å². The number of hydrogen-bond acceptors (Lipinski definition) is 2. The number of fused-ring (bicyclic) bond motifs is 1. The van der Waals surface area contributed by atoms with Gasteiger partial charge in [-0.05, 0) is 47.7 Å². The normalized spacial score (nSPS) is 13.3. The molecule has 3 nitrogen and oxygen atoms in total. The van der Waals surface area contributed by atoms with Crippen molar-refractivity contribution in [2.45, 2.75) is 25.3 Å². The molecule has 0 saturated heterocycles. The number of hydrogen-bond donors (Lipinski definition) is 0. The van der Waals surface area contributed by atoms with Crippen LogP contribution >= 0.6 is 34.2 Å². The Hall–Kier alpha value is -0.470. The predicted molar refractivity (Wildman–Crippen MR) is 83.5 cm³/mol. The molecule has 0 N–H and O–H groups in total. The van der Waals surface area contributed by atoms with Gasteiger partial charge in [0.25, 0.3) is 6.43 Å². The number of benzene rings is 1. The predicted octanol–water partition coefficient (Wildman–Crippen LogP) is 4.22. The summed E-state index contributed by atoms with van der Waals surface area (Å²) in [5, 5.41) is -0.254. The zero-order chi connectivity index (χ0) is 14.7. The van der Waals surface area contributed by atoms with Crippen LogP contribution in [0.4, 0.5) is 8.78 Å². The van der Waals surface area contributed by atoms with Crippen LogP contribution in [-0.4, -0.2) is 29.2 Å². The summed E-state index contributed by atoms with van der Waals surface area (Å²) < 4.78 is 32.0. The Bertz CT molecular complexity index is 589. The quantitative estimate of drug-likeness (QED) is 0.402. The first-order valence-corrected chi connectivity index (χ1v) is 7.66. The topological polar surface area (TPSA) is 27.1 Å². The van der Waals surface area contributed by atoms with Gasteiger partial charge >= 0.3 is 0 Å². The second-order valence-electron chi connectivity index (χ2n) is 4.34. The van der Waals surface area contributed by atoms with E-state index in [4.69, 9.17) is 16.3 Å². The van der Waals surface area contributed by atoms with E-state index in [-0.39, 0.29) is 12.0 Å². The zero-order valence-electron chi connectivity index (χ0n) is 10.8. The maximum absolute atomic E-state index is 12.0. The largest absolute Gasteiger partial charge is 0.374 e. The summed E-state index contributed by atoms with van der Waals surface area (Å²) in [5.74, 6) is 0.726. The van der Waals surface area contributed by atoms with Gasteiger partial charge in [0.2, 0.25) is 0 Å². The molecule has 0 fully saturated rings. The molecule has 0 amide bonds. The monoisotopic (exact) mass is 414 g/mol. The summed E-state index contributed by atoms with van der Waals surface area (Å²) in [7, 11) is 0. The highest BCUT2D eigenvalue weighted by atomic mass is 127. The highest BCUT2D eigenvalue weighted by Gasteiger charge is 2.15. The van der Waals surface area contributed by atoms with Crippen molar-refractivity contribution in [1.82, 2.24) is 9.55 Å². The van der Waals surface area contributed by atoms with Gasteiger partial charge in [0.15, 0.2) is 0 Å². The molecule has 0 aliphatic carbocycles. The molecule has 20 heavy (non-hydrogen) atoms. The second kappa shape index (κ2) is 7.00. The summed E-state index contributed by atoms with van der Waals surface area (Å²) in [5.41, 5.74) is 1.79. The van der Waals surface area contributed by atoms with Gasteiger partial charge in [-0.2, -0.15) is 0 Å². The standard InChI is InChI=1S/C13H14ClF2IN2O/c1-8(14)13-18-10-6-9(17)2-3-11(10)19(13)4-5-20-7-12(15)16/h2-3,6,8,12H,4-5,7H2,1H3. The van der Waals surface area contributed by atoms with Crippen LogP contribution in [0.5, 0.6) is 0 Å². The lowest BCUT2D eigenvalue weighted by Gasteiger charge is -2.10. The number of ether oxygens (including phenoxy) is 1. The van der Waals surface area contributed by atoms with Crippen molar-refractivity contribution in [3.05, 3.63) is 27.6 Å². The number of halogens is 4. The lowest BCUT2D eigenvalue weighted by Crippen LogP contribution is -2.12. The van der Waals surface area contributed by atoms with E-state index >= 15 is 0 Å². The highest BCUT2D eigenvalue weighted by Crippen LogP contribution is 2.25. The van der Waals surface area contributed by atoms with Crippen molar-refractivity contribution in [3.63, 3.8) is 0 Å². The molecule has 0 bridgehead atoms. The third kappa shape index (κ3) is 3.79. The van der Waals surface area contributed by atoms with Crippen molar-refractivity contribution in [2.75, 3.05) is 13.2 Å². The van der Waals surface area contributed by atoms with Crippen LogP contribution in [-0.2, 0) is 11.3 Å². The fourth-order valence-electron chi connectivity index (χ4n) is 1.99. The van der Waals surface area contributed by atoms with Crippen molar-refractivity contribution in [1.29, 1.82) is 0 Å². The summed E-state index contributed by atoms with van der Waals surface area (Å²) in [4.78, 5) is 4.51. The lowest BCUT2D eigenvalue weighted by molar-refractivity contribution is 0.0148. The summed E-state index contributed by atoms with van der Waals surface area (Å²) in [6.07, 6.45) is -2.44. The SMILES string of the molecule is CC(Cl)c1nc2cc(I)ccc2n1CCOCC(F)F. The van der Waals surface area contributed by atoms with Crippen molar-refractivity contribution >= 4 is 45.2 Å². The van der Waals surface area contributed by atoms with E-state index in [0.717, 1.165) is 20.4 Å². The van der Waals surface area contributed by atoms with Gasteiger partial charge in [0.05, 0.1) is 23.0 Å². The van der Waals surface area contributed by atoms with E-state index in [9.17, 15) is 8.78 Å². The maximum atomic E-state index is 12.0. The zero-order valence-corrected chi connectivity index (χ0v) is 13.7. The first-order valence-electron chi connectivity index (χ1n) is 6.14. The van der Waals surface area contributed by atoms with Crippen molar-refractivity contribution in [2.24, 2.45) is 0 Å². The average molecular weight is 415 g/mol. The first-order chi connectivity index (χ1) is 9.49. The minimum Gasteiger partial charge on any atom is -0.374 e. The smallest absolute Gasteiger partial charge is 0.261 e. The fraction of sp³-hybridized carbons (Fsp3) is 0.462. The number of rotatable bonds is 6. The number of alkyl halides is 3. The van der Waals surface area contributed by atoms with E-state index < -0.39 is 13.0 Å². The van der Waals surface area contributed by atoms with Crippen LogP contribution in [0.3, 0.4) is 0 Å². The second-order valence-corrected chi connectivity index (χ2v) is 6.24. The third-order valence-electron chi connectivity index (χ3n) is 2.80. The van der Waals surface area contributed by atoms with Crippen LogP contribution < -0.4 is 0 Å². The van der Waals surface area contributed by atoms with Crippen LogP contribution in [0.2, 0.25) is 0 Å². The molecule has 0 radical (unpaired) electrons. The highest BCUT2D eigenvalue weighted by molar-refractivity contribution is 14.1. The first kappa shape index (κ1) is 15.9. The molecule has 0 spiro atoms. The van der Waals surface area contributed by atoms with Crippen LogP contribution in [0, 0.1) is 3.57 Å². The van der Waals surface area contributed by atoms with E-state index in [1.54, 1.807) is 0 Å². The molecule has 2 aromatic rings. The van der Waals surface area contributed by atoms with E-state index in [1.165, 1.54) is 0 Å². The Kier molecular flexibility index (Phi) is 5.57. The summed E-state index contributed by atoms with van der Waals surface area (Å²) in [6.45, 7) is 1.95. The van der Waals surface area contributed by atoms with Crippen LogP contribution in [0.15, 0.2) is 18.2 Å². The summed E-state index contributed by atoms with van der Waals surface area (Å²) in [6, 6.07) is 5.90. The molecule has 1 heterocycles. The molecule has 2 rings (SSSR count). The molecular weight excluding hydrogens is 401 g/mol. The van der Waals surface area contributed by atoms with Crippen LogP contribution in [0.25, 0.3) is 11.0 Å². The molecule has 0 aliphatic heterocycles. The van der Waals surface area contributed by atoms with Gasteiger partial charge in [0, 0.05) is 10.1 Å². The number of imidazole rings is 1. The molecule has 1 aromatic carbocycles. The Labute approximate surface area is 134 Å². The third-order valence-corrected chi connectivity index (χ3v) is 3.66. The number of aromatic nitrogens is 2. The van der Waals surface area contributed by atoms with Gasteiger partial charge in [-0.1, -0.05) is 0 Å². The Balaban J connectivity index is 2.22. The minimum absolute atomic E-state index is 0.207. The number of nitrogens with zero attached hydrogens (tertiary/aromatic N) is 2. The van der Waals surface area contributed by atoms with Gasteiger partial charge in [0.1, 0.15) is 12.4 Å². The van der Waals surface area contributed by atoms with E-state index in [1.807, 2.05) is 29.7 Å². The van der Waals surface area contributed by atoms with Crippen LogP contribution in [0.1, 0.15) is 18.1 Å². The van der Waals surface area contributed by atoms with Crippen molar-refractivity contribution < 1.29 is 13.5 Å². The molecule has 7 heteroatoms. The lowest BCUT2D eigenvalue weighted by atomic mass is 10.3. The molecule has 110 valence electrons. The fourth-order valence-corrected chi connectivity index (χ4v) is 2.63. The van der Waals surface area contributed by atoms with Gasteiger partial charge in [-0.25, -0.2) is 13.8 Å². The van der Waals surface area contributed by atoms with Crippen molar-refractivity contribution in [3.8, 4) is 0 Å². The van der Waals surface area contributed by atoms with E-state index in [0.29, 0.717) is 6.54 Å². The van der Waals surface area contributed by atoms with E-state index in [2.05, 4.69) is 27.6 Å². The molecule has 1 aromatic heterocycles. The molecule has 0 saturated carbocycles. The maximum Gasteiger partial charge on any atom is 0.261 e. The van der Waals surface area contributed by atoms with Gasteiger partial charge in [-0.15, -0.1) is 11.6 Å². The molecular formula is C13H14ClF2IN2O. The Morgan fingerprint density at radius 3 is 2.85 bits per heavy atom. The molecule has 1 atom stereocenters.